The molecular weight excluding hydrogens is 316 g/mol. The van der Waals surface area contributed by atoms with Gasteiger partial charge in [-0.25, -0.2) is 0 Å². The maximum Gasteiger partial charge on any atom is 0.221 e. The minimum atomic E-state index is -0.127. The molecular formula is C19H28N4O2. The predicted octanol–water partition coefficient (Wildman–Crippen LogP) is 4.09. The lowest BCUT2D eigenvalue weighted by atomic mass is 10.1. The van der Waals surface area contributed by atoms with Gasteiger partial charge in [0.1, 0.15) is 5.75 Å². The van der Waals surface area contributed by atoms with Crippen molar-refractivity contribution in [1.29, 1.82) is 0 Å². The van der Waals surface area contributed by atoms with Crippen molar-refractivity contribution in [1.82, 2.24) is 9.78 Å². The number of nitrogens with zero attached hydrogens (tertiary/aromatic N) is 2. The molecule has 2 aromatic rings. The van der Waals surface area contributed by atoms with E-state index in [1.165, 1.54) is 6.92 Å². The van der Waals surface area contributed by atoms with E-state index in [0.29, 0.717) is 11.4 Å². The van der Waals surface area contributed by atoms with Crippen LogP contribution in [0.25, 0.3) is 0 Å². The number of ether oxygens (including phenoxy) is 1. The van der Waals surface area contributed by atoms with Crippen molar-refractivity contribution in [2.75, 3.05) is 17.7 Å². The van der Waals surface area contributed by atoms with E-state index in [0.717, 1.165) is 16.9 Å². The van der Waals surface area contributed by atoms with Gasteiger partial charge in [-0.3, -0.25) is 9.48 Å². The van der Waals surface area contributed by atoms with Crippen molar-refractivity contribution in [3.63, 3.8) is 0 Å². The molecule has 0 aliphatic rings. The van der Waals surface area contributed by atoms with Crippen LogP contribution in [0, 0.1) is 6.92 Å². The molecule has 6 heteroatoms. The van der Waals surface area contributed by atoms with Gasteiger partial charge in [-0.15, -0.1) is 0 Å². The van der Waals surface area contributed by atoms with Crippen molar-refractivity contribution < 1.29 is 9.53 Å². The Kier molecular flexibility index (Phi) is 5.40. The van der Waals surface area contributed by atoms with Crippen molar-refractivity contribution in [2.24, 2.45) is 0 Å². The molecule has 136 valence electrons. The van der Waals surface area contributed by atoms with Gasteiger partial charge in [-0.2, -0.15) is 5.10 Å². The molecule has 6 nitrogen and oxygen atoms in total. The summed E-state index contributed by atoms with van der Waals surface area (Å²) in [5.74, 6) is 0.493. The lowest BCUT2D eigenvalue weighted by Crippen LogP contribution is -2.22. The van der Waals surface area contributed by atoms with Crippen LogP contribution in [0.15, 0.2) is 24.4 Å². The van der Waals surface area contributed by atoms with Crippen LogP contribution in [0.1, 0.15) is 51.9 Å². The van der Waals surface area contributed by atoms with Gasteiger partial charge in [0.05, 0.1) is 30.1 Å². The largest absolute Gasteiger partial charge is 0.494 e. The number of rotatable bonds is 5. The Morgan fingerprint density at radius 3 is 2.52 bits per heavy atom. The Morgan fingerprint density at radius 1 is 1.32 bits per heavy atom. The van der Waals surface area contributed by atoms with Crippen LogP contribution in [0.2, 0.25) is 0 Å². The van der Waals surface area contributed by atoms with E-state index in [2.05, 4.69) is 49.6 Å². The molecule has 0 spiro atoms. The van der Waals surface area contributed by atoms with E-state index < -0.39 is 0 Å². The summed E-state index contributed by atoms with van der Waals surface area (Å²) in [6.45, 7) is 12.0. The van der Waals surface area contributed by atoms with Gasteiger partial charge < -0.3 is 15.4 Å². The third-order valence-corrected chi connectivity index (χ3v) is 3.99. The Labute approximate surface area is 149 Å². The van der Waals surface area contributed by atoms with E-state index in [9.17, 15) is 4.79 Å². The quantitative estimate of drug-likeness (QED) is 0.857. The van der Waals surface area contributed by atoms with Gasteiger partial charge in [0.15, 0.2) is 0 Å². The second-order valence-electron chi connectivity index (χ2n) is 7.25. The van der Waals surface area contributed by atoms with Gasteiger partial charge in [0, 0.05) is 30.4 Å². The number of nitrogens with one attached hydrogen (secondary N) is 2. The minimum absolute atomic E-state index is 0.0496. The van der Waals surface area contributed by atoms with E-state index >= 15 is 0 Å². The number of methoxy groups -OCH3 is 1. The summed E-state index contributed by atoms with van der Waals surface area (Å²) >= 11 is 0. The van der Waals surface area contributed by atoms with E-state index in [4.69, 9.17) is 4.74 Å². The molecule has 0 bridgehead atoms. The average molecular weight is 344 g/mol. The Balaban J connectivity index is 2.22. The van der Waals surface area contributed by atoms with Crippen molar-refractivity contribution in [2.45, 2.75) is 53.1 Å². The third kappa shape index (κ3) is 4.53. The van der Waals surface area contributed by atoms with Crippen LogP contribution in [0.3, 0.4) is 0 Å². The summed E-state index contributed by atoms with van der Waals surface area (Å²) in [5.41, 5.74) is 3.69. The standard InChI is InChI=1S/C19H28N4O2/c1-12(16-11-23(19(4,5)6)22-13(16)2)20-15-8-9-17(21-14(3)24)18(10-15)25-7/h8-12,20H,1-7H3,(H,21,24)/t12-/m0/s1. The molecule has 1 heterocycles. The first-order valence-electron chi connectivity index (χ1n) is 8.40. The van der Waals surface area contributed by atoms with Gasteiger partial charge in [0.25, 0.3) is 0 Å². The maximum atomic E-state index is 11.3. The number of carbonyl (C=O) groups is 1. The van der Waals surface area contributed by atoms with Crippen LogP contribution in [-0.4, -0.2) is 22.8 Å². The van der Waals surface area contributed by atoms with Crippen LogP contribution in [0.5, 0.6) is 5.75 Å². The molecule has 2 rings (SSSR count). The lowest BCUT2D eigenvalue weighted by Gasteiger charge is -2.19. The monoisotopic (exact) mass is 344 g/mol. The van der Waals surface area contributed by atoms with Gasteiger partial charge >= 0.3 is 0 Å². The number of hydrogen-bond donors (Lipinski definition) is 2. The summed E-state index contributed by atoms with van der Waals surface area (Å²) in [7, 11) is 1.59. The number of anilines is 2. The fraction of sp³-hybridized carbons (Fsp3) is 0.474. The van der Waals surface area contributed by atoms with Crippen LogP contribution in [0.4, 0.5) is 11.4 Å². The van der Waals surface area contributed by atoms with Crippen molar-refractivity contribution >= 4 is 17.3 Å². The van der Waals surface area contributed by atoms with Crippen molar-refractivity contribution in [3.8, 4) is 5.75 Å². The van der Waals surface area contributed by atoms with E-state index in [-0.39, 0.29) is 17.5 Å². The maximum absolute atomic E-state index is 11.3. The average Bonchev–Trinajstić information content (AvgIpc) is 2.90. The molecule has 0 aliphatic carbocycles. The smallest absolute Gasteiger partial charge is 0.221 e. The number of hydrogen-bond acceptors (Lipinski definition) is 4. The fourth-order valence-electron chi connectivity index (χ4n) is 2.64. The zero-order valence-corrected chi connectivity index (χ0v) is 16.1. The second-order valence-corrected chi connectivity index (χ2v) is 7.25. The van der Waals surface area contributed by atoms with Gasteiger partial charge in [-0.05, 0) is 46.8 Å². The molecule has 0 fully saturated rings. The molecule has 0 unspecified atom stereocenters. The summed E-state index contributed by atoms with van der Waals surface area (Å²) in [4.78, 5) is 11.3. The number of carbonyl (C=O) groups excluding carboxylic acids is 1. The van der Waals surface area contributed by atoms with Crippen LogP contribution >= 0.6 is 0 Å². The highest BCUT2D eigenvalue weighted by atomic mass is 16.5. The molecule has 1 aromatic carbocycles. The Morgan fingerprint density at radius 2 is 2.00 bits per heavy atom. The number of aromatic nitrogens is 2. The zero-order valence-electron chi connectivity index (χ0n) is 16.1. The molecule has 0 saturated heterocycles. The number of aryl methyl sites for hydroxylation is 1. The minimum Gasteiger partial charge on any atom is -0.494 e. The summed E-state index contributed by atoms with van der Waals surface area (Å²) in [6, 6.07) is 5.73. The first kappa shape index (κ1) is 18.8. The predicted molar refractivity (Wildman–Crippen MR) is 101 cm³/mol. The highest BCUT2D eigenvalue weighted by Crippen LogP contribution is 2.30. The molecule has 2 N–H and O–H groups in total. The zero-order chi connectivity index (χ0) is 18.8. The molecule has 1 aromatic heterocycles. The highest BCUT2D eigenvalue weighted by molar-refractivity contribution is 5.90. The molecule has 0 radical (unpaired) electrons. The normalized spacial score (nSPS) is 12.6. The van der Waals surface area contributed by atoms with Crippen LogP contribution in [-0.2, 0) is 10.3 Å². The molecule has 1 atom stereocenters. The fourth-order valence-corrected chi connectivity index (χ4v) is 2.64. The summed E-state index contributed by atoms with van der Waals surface area (Å²) in [5, 5.41) is 10.9. The summed E-state index contributed by atoms with van der Waals surface area (Å²) in [6.07, 6.45) is 2.09. The Bertz CT molecular complexity index is 759. The highest BCUT2D eigenvalue weighted by Gasteiger charge is 2.19. The first-order chi connectivity index (χ1) is 11.6. The lowest BCUT2D eigenvalue weighted by molar-refractivity contribution is -0.114. The molecule has 1 amide bonds. The van der Waals surface area contributed by atoms with E-state index in [1.807, 2.05) is 29.8 Å². The molecule has 0 aliphatic heterocycles. The molecule has 0 saturated carbocycles. The van der Waals surface area contributed by atoms with Crippen molar-refractivity contribution in [3.05, 3.63) is 35.7 Å². The van der Waals surface area contributed by atoms with Gasteiger partial charge in [0.2, 0.25) is 5.91 Å². The third-order valence-electron chi connectivity index (χ3n) is 3.99. The number of benzene rings is 1. The van der Waals surface area contributed by atoms with Crippen LogP contribution < -0.4 is 15.4 Å². The SMILES string of the molecule is COc1cc(N[C@@H](C)c2cn(C(C)(C)C)nc2C)ccc1NC(C)=O. The molecule has 25 heavy (non-hydrogen) atoms. The summed E-state index contributed by atoms with van der Waals surface area (Å²) < 4.78 is 7.37. The van der Waals surface area contributed by atoms with E-state index in [1.54, 1.807) is 7.11 Å². The first-order valence-corrected chi connectivity index (χ1v) is 8.40. The topological polar surface area (TPSA) is 68.2 Å². The van der Waals surface area contributed by atoms with Gasteiger partial charge in [-0.1, -0.05) is 0 Å². The number of amides is 1. The Hall–Kier alpha value is -2.50. The second kappa shape index (κ2) is 7.17.